The summed E-state index contributed by atoms with van der Waals surface area (Å²) >= 11 is 0. The molecule has 8 heteroatoms. The minimum absolute atomic E-state index is 0.104. The molecule has 2 aromatic rings. The lowest BCUT2D eigenvalue weighted by atomic mass is 10.2. The maximum atomic E-state index is 11.5. The Morgan fingerprint density at radius 2 is 1.90 bits per heavy atom. The topological polar surface area (TPSA) is 115 Å². The molecule has 2 aromatic carbocycles. The molecule has 0 saturated heterocycles. The van der Waals surface area contributed by atoms with Crippen LogP contribution in [0, 0.1) is 10.1 Å². The maximum absolute atomic E-state index is 11.5. The van der Waals surface area contributed by atoms with Crippen LogP contribution in [0.25, 0.3) is 0 Å². The monoisotopic (exact) mass is 307 g/mol. The molecular weight excluding hydrogens is 294 g/mol. The van der Waals surface area contributed by atoms with E-state index >= 15 is 0 Å². The van der Waals surface area contributed by atoms with Crippen molar-refractivity contribution in [3.8, 4) is 0 Å². The summed E-state index contributed by atoms with van der Waals surface area (Å²) in [6.07, 6.45) is 0.997. The van der Waals surface area contributed by atoms with Crippen LogP contribution < -0.4 is 11.1 Å². The molecule has 21 heavy (non-hydrogen) atoms. The van der Waals surface area contributed by atoms with Crippen molar-refractivity contribution >= 4 is 32.6 Å². The fourth-order valence-corrected chi connectivity index (χ4v) is 2.41. The van der Waals surface area contributed by atoms with Gasteiger partial charge in [0.15, 0.2) is 9.84 Å². The molecule has 0 fully saturated rings. The first-order valence-corrected chi connectivity index (χ1v) is 7.77. The summed E-state index contributed by atoms with van der Waals surface area (Å²) in [6.45, 7) is 0. The quantitative estimate of drug-likeness (QED) is 0.509. The Bertz CT molecular complexity index is 803. The fraction of sp³-hybridized carbons (Fsp3) is 0.0769. The van der Waals surface area contributed by atoms with Crippen LogP contribution in [0.3, 0.4) is 0 Å². The van der Waals surface area contributed by atoms with E-state index in [4.69, 9.17) is 5.73 Å². The summed E-state index contributed by atoms with van der Waals surface area (Å²) in [4.78, 5) is 10.4. The molecule has 2 rings (SSSR count). The molecule has 0 atom stereocenters. The Hall–Kier alpha value is -2.61. The summed E-state index contributed by atoms with van der Waals surface area (Å²) in [5.74, 6) is 0. The van der Waals surface area contributed by atoms with Gasteiger partial charge in [0.1, 0.15) is 5.69 Å². The highest BCUT2D eigenvalue weighted by atomic mass is 32.2. The molecule has 3 N–H and O–H groups in total. The summed E-state index contributed by atoms with van der Waals surface area (Å²) in [5, 5.41) is 14.0. The molecule has 110 valence electrons. The van der Waals surface area contributed by atoms with Gasteiger partial charge in [0.2, 0.25) is 0 Å². The van der Waals surface area contributed by atoms with E-state index in [2.05, 4.69) is 5.32 Å². The van der Waals surface area contributed by atoms with Crippen LogP contribution >= 0.6 is 0 Å². The number of nitro benzene ring substituents is 1. The summed E-state index contributed by atoms with van der Waals surface area (Å²) < 4.78 is 22.9. The van der Waals surface area contributed by atoms with Crippen LogP contribution in [-0.4, -0.2) is 19.6 Å². The molecule has 0 unspecified atom stereocenters. The molecule has 0 spiro atoms. The zero-order chi connectivity index (χ0) is 15.6. The first-order valence-electron chi connectivity index (χ1n) is 5.88. The second kappa shape index (κ2) is 5.41. The van der Waals surface area contributed by atoms with Gasteiger partial charge < -0.3 is 11.1 Å². The zero-order valence-corrected chi connectivity index (χ0v) is 11.9. The van der Waals surface area contributed by atoms with Gasteiger partial charge in [-0.3, -0.25) is 10.1 Å². The number of benzene rings is 2. The Kier molecular flexibility index (Phi) is 3.81. The molecule has 0 aromatic heterocycles. The second-order valence-electron chi connectivity index (χ2n) is 4.46. The third-order valence-electron chi connectivity index (χ3n) is 2.76. The third kappa shape index (κ3) is 3.48. The van der Waals surface area contributed by atoms with Gasteiger partial charge in [0, 0.05) is 23.7 Å². The van der Waals surface area contributed by atoms with Crippen molar-refractivity contribution in [2.45, 2.75) is 4.90 Å². The number of rotatable bonds is 4. The van der Waals surface area contributed by atoms with Gasteiger partial charge in [-0.05, 0) is 30.3 Å². The van der Waals surface area contributed by atoms with Crippen LogP contribution in [0.4, 0.5) is 22.7 Å². The van der Waals surface area contributed by atoms with Crippen LogP contribution in [0.1, 0.15) is 0 Å². The van der Waals surface area contributed by atoms with Gasteiger partial charge in [-0.25, -0.2) is 8.42 Å². The van der Waals surface area contributed by atoms with Crippen LogP contribution in [-0.2, 0) is 9.84 Å². The summed E-state index contributed by atoms with van der Waals surface area (Å²) in [7, 11) is -3.51. The number of sulfone groups is 1. The van der Waals surface area contributed by atoms with Gasteiger partial charge >= 0.3 is 0 Å². The van der Waals surface area contributed by atoms with Crippen molar-refractivity contribution in [3.05, 3.63) is 52.6 Å². The molecule has 0 radical (unpaired) electrons. The molecule has 0 aliphatic rings. The minimum Gasteiger partial charge on any atom is -0.399 e. The van der Waals surface area contributed by atoms with Gasteiger partial charge in [-0.1, -0.05) is 6.07 Å². The number of nitrogens with two attached hydrogens (primary N) is 1. The smallest absolute Gasteiger partial charge is 0.293 e. The number of hydrogen-bond acceptors (Lipinski definition) is 6. The molecule has 7 nitrogen and oxygen atoms in total. The fourth-order valence-electron chi connectivity index (χ4n) is 1.77. The third-order valence-corrected chi connectivity index (χ3v) is 3.87. The SMILES string of the molecule is CS(=O)(=O)c1ccc(Nc2cccc(N)c2)c([N+](=O)[O-])c1. The summed E-state index contributed by atoms with van der Waals surface area (Å²) in [5.41, 5.74) is 6.60. The molecular formula is C13H13N3O4S. The largest absolute Gasteiger partial charge is 0.399 e. The van der Waals surface area contributed by atoms with E-state index in [9.17, 15) is 18.5 Å². The average molecular weight is 307 g/mol. The number of anilines is 3. The highest BCUT2D eigenvalue weighted by molar-refractivity contribution is 7.90. The number of nitrogen functional groups attached to an aromatic ring is 1. The minimum atomic E-state index is -3.51. The van der Waals surface area contributed by atoms with E-state index in [-0.39, 0.29) is 16.3 Å². The van der Waals surface area contributed by atoms with E-state index in [1.54, 1.807) is 24.3 Å². The number of nitrogens with one attached hydrogen (secondary N) is 1. The van der Waals surface area contributed by atoms with Crippen molar-refractivity contribution in [1.29, 1.82) is 0 Å². The van der Waals surface area contributed by atoms with Gasteiger partial charge in [-0.15, -0.1) is 0 Å². The van der Waals surface area contributed by atoms with Crippen molar-refractivity contribution in [2.75, 3.05) is 17.3 Å². The molecule has 0 heterocycles. The molecule has 0 aliphatic carbocycles. The van der Waals surface area contributed by atoms with Crippen molar-refractivity contribution in [3.63, 3.8) is 0 Å². The Labute approximate surface area is 121 Å². The Morgan fingerprint density at radius 1 is 1.19 bits per heavy atom. The van der Waals surface area contributed by atoms with Crippen LogP contribution in [0.2, 0.25) is 0 Å². The Balaban J connectivity index is 2.47. The lowest BCUT2D eigenvalue weighted by Crippen LogP contribution is -2.02. The molecule has 0 bridgehead atoms. The predicted molar refractivity (Wildman–Crippen MR) is 80.3 cm³/mol. The van der Waals surface area contributed by atoms with Gasteiger partial charge in [0.05, 0.1) is 9.82 Å². The van der Waals surface area contributed by atoms with E-state index in [0.717, 1.165) is 12.3 Å². The van der Waals surface area contributed by atoms with Gasteiger partial charge in [-0.2, -0.15) is 0 Å². The highest BCUT2D eigenvalue weighted by Gasteiger charge is 2.18. The lowest BCUT2D eigenvalue weighted by molar-refractivity contribution is -0.384. The van der Waals surface area contributed by atoms with E-state index in [1.807, 2.05) is 0 Å². The maximum Gasteiger partial charge on any atom is 0.293 e. The predicted octanol–water partition coefficient (Wildman–Crippen LogP) is 2.32. The molecule has 0 aliphatic heterocycles. The lowest BCUT2D eigenvalue weighted by Gasteiger charge is -2.08. The molecule has 0 saturated carbocycles. The Morgan fingerprint density at radius 3 is 2.48 bits per heavy atom. The van der Waals surface area contributed by atoms with Crippen molar-refractivity contribution < 1.29 is 13.3 Å². The van der Waals surface area contributed by atoms with E-state index < -0.39 is 14.8 Å². The number of nitrogens with zero attached hydrogens (tertiary/aromatic N) is 1. The van der Waals surface area contributed by atoms with E-state index in [0.29, 0.717) is 11.4 Å². The normalized spacial score (nSPS) is 11.1. The second-order valence-corrected chi connectivity index (χ2v) is 6.47. The van der Waals surface area contributed by atoms with Gasteiger partial charge in [0.25, 0.3) is 5.69 Å². The number of nitro groups is 1. The van der Waals surface area contributed by atoms with Crippen molar-refractivity contribution in [1.82, 2.24) is 0 Å². The first-order chi connectivity index (χ1) is 9.77. The van der Waals surface area contributed by atoms with Crippen LogP contribution in [0.15, 0.2) is 47.4 Å². The first kappa shape index (κ1) is 14.8. The molecule has 0 amide bonds. The standard InChI is InChI=1S/C13H13N3O4S/c1-21(19,20)11-5-6-12(13(8-11)16(17)18)15-10-4-2-3-9(14)7-10/h2-8,15H,14H2,1H3. The average Bonchev–Trinajstić information content (AvgIpc) is 2.37. The van der Waals surface area contributed by atoms with E-state index in [1.165, 1.54) is 12.1 Å². The highest BCUT2D eigenvalue weighted by Crippen LogP contribution is 2.30. The van der Waals surface area contributed by atoms with Crippen molar-refractivity contribution in [2.24, 2.45) is 0 Å². The number of hydrogen-bond donors (Lipinski definition) is 2. The van der Waals surface area contributed by atoms with Crippen LogP contribution in [0.5, 0.6) is 0 Å². The summed E-state index contributed by atoms with van der Waals surface area (Å²) in [6, 6.07) is 10.4. The zero-order valence-electron chi connectivity index (χ0n) is 11.1.